The van der Waals surface area contributed by atoms with Crippen molar-refractivity contribution in [3.8, 4) is 0 Å². The molecule has 3 nitrogen and oxygen atoms in total. The number of fused-ring (bicyclic) bond motifs is 1. The van der Waals surface area contributed by atoms with Crippen LogP contribution in [0.3, 0.4) is 0 Å². The van der Waals surface area contributed by atoms with Crippen molar-refractivity contribution in [2.75, 3.05) is 25.5 Å². The maximum Gasteiger partial charge on any atom is 0.222 e. The van der Waals surface area contributed by atoms with Gasteiger partial charge in [-0.25, -0.2) is 0 Å². The van der Waals surface area contributed by atoms with Gasteiger partial charge >= 0.3 is 0 Å². The number of amides is 1. The van der Waals surface area contributed by atoms with Gasteiger partial charge in [0.1, 0.15) is 0 Å². The van der Waals surface area contributed by atoms with E-state index in [1.54, 1.807) is 0 Å². The van der Waals surface area contributed by atoms with Gasteiger partial charge < -0.3 is 4.90 Å². The van der Waals surface area contributed by atoms with Crippen LogP contribution >= 0.6 is 11.6 Å². The zero-order chi connectivity index (χ0) is 13.0. The third kappa shape index (κ3) is 3.39. The predicted molar refractivity (Wildman–Crippen MR) is 75.0 cm³/mol. The van der Waals surface area contributed by atoms with Crippen molar-refractivity contribution in [1.29, 1.82) is 0 Å². The van der Waals surface area contributed by atoms with E-state index in [9.17, 15) is 4.79 Å². The Morgan fingerprint density at radius 2 is 2.11 bits per heavy atom. The van der Waals surface area contributed by atoms with Gasteiger partial charge in [0.15, 0.2) is 0 Å². The molecule has 1 amide bonds. The Hall–Kier alpha value is -0.280. The molecule has 2 unspecified atom stereocenters. The van der Waals surface area contributed by atoms with Crippen LogP contribution in [0.15, 0.2) is 0 Å². The Bertz CT molecular complexity index is 285. The van der Waals surface area contributed by atoms with E-state index < -0.39 is 0 Å². The summed E-state index contributed by atoms with van der Waals surface area (Å²) in [4.78, 5) is 16.9. The first-order valence-corrected chi connectivity index (χ1v) is 7.85. The van der Waals surface area contributed by atoms with Crippen LogP contribution in [0.25, 0.3) is 0 Å². The first kappa shape index (κ1) is 14.1. The van der Waals surface area contributed by atoms with Crippen LogP contribution in [-0.2, 0) is 4.79 Å². The van der Waals surface area contributed by atoms with Crippen LogP contribution in [0.2, 0.25) is 0 Å². The molecule has 0 saturated carbocycles. The fraction of sp³-hybridized carbons (Fsp3) is 0.929. The van der Waals surface area contributed by atoms with Crippen molar-refractivity contribution in [1.82, 2.24) is 9.80 Å². The Labute approximate surface area is 115 Å². The van der Waals surface area contributed by atoms with Crippen LogP contribution < -0.4 is 0 Å². The minimum absolute atomic E-state index is 0.331. The number of rotatable bonds is 4. The normalized spacial score (nSPS) is 29.1. The maximum absolute atomic E-state index is 12.2. The van der Waals surface area contributed by atoms with Crippen molar-refractivity contribution < 1.29 is 4.79 Å². The maximum atomic E-state index is 12.2. The molecule has 0 spiro atoms. The highest BCUT2D eigenvalue weighted by molar-refractivity contribution is 6.17. The van der Waals surface area contributed by atoms with Gasteiger partial charge in [0.05, 0.1) is 0 Å². The number of carbonyl (C=O) groups is 1. The van der Waals surface area contributed by atoms with E-state index in [0.717, 1.165) is 25.9 Å². The number of carbonyl (C=O) groups excluding carboxylic acids is 1. The summed E-state index contributed by atoms with van der Waals surface area (Å²) in [7, 11) is 0. The predicted octanol–water partition coefficient (Wildman–Crippen LogP) is 2.48. The lowest BCUT2D eigenvalue weighted by molar-refractivity contribution is -0.138. The molecule has 18 heavy (non-hydrogen) atoms. The average molecular weight is 273 g/mol. The molecule has 0 N–H and O–H groups in total. The third-order valence-corrected chi connectivity index (χ3v) is 4.55. The molecule has 2 aliphatic rings. The van der Waals surface area contributed by atoms with Gasteiger partial charge in [-0.05, 0) is 39.2 Å². The molecule has 104 valence electrons. The Balaban J connectivity index is 1.86. The number of piperazine rings is 1. The monoisotopic (exact) mass is 272 g/mol. The molecule has 0 aromatic heterocycles. The SMILES string of the molecule is CC1CN2CCCCC2CN1C(=O)CCCCCl. The number of alkyl halides is 1. The topological polar surface area (TPSA) is 23.6 Å². The summed E-state index contributed by atoms with van der Waals surface area (Å²) in [5, 5.41) is 0. The molecule has 2 atom stereocenters. The largest absolute Gasteiger partial charge is 0.337 e. The van der Waals surface area contributed by atoms with Crippen molar-refractivity contribution in [2.24, 2.45) is 0 Å². The van der Waals surface area contributed by atoms with E-state index >= 15 is 0 Å². The molecule has 2 saturated heterocycles. The van der Waals surface area contributed by atoms with Gasteiger partial charge in [-0.3, -0.25) is 9.69 Å². The lowest BCUT2D eigenvalue weighted by Crippen LogP contribution is -2.60. The number of hydrogen-bond acceptors (Lipinski definition) is 2. The van der Waals surface area contributed by atoms with Crippen LogP contribution in [0.5, 0.6) is 0 Å². The van der Waals surface area contributed by atoms with Crippen molar-refractivity contribution in [2.45, 2.75) is 57.5 Å². The first-order valence-electron chi connectivity index (χ1n) is 7.32. The van der Waals surface area contributed by atoms with Gasteiger partial charge in [-0.2, -0.15) is 0 Å². The van der Waals surface area contributed by atoms with Crippen LogP contribution in [0.4, 0.5) is 0 Å². The highest BCUT2D eigenvalue weighted by Gasteiger charge is 2.34. The second-order valence-electron chi connectivity index (χ2n) is 5.69. The molecular formula is C14H25ClN2O. The summed E-state index contributed by atoms with van der Waals surface area (Å²) < 4.78 is 0. The fourth-order valence-corrected chi connectivity index (χ4v) is 3.40. The smallest absolute Gasteiger partial charge is 0.222 e. The molecule has 0 aliphatic carbocycles. The van der Waals surface area contributed by atoms with Crippen molar-refractivity contribution in [3.63, 3.8) is 0 Å². The van der Waals surface area contributed by atoms with Crippen LogP contribution in [0.1, 0.15) is 45.4 Å². The molecule has 0 radical (unpaired) electrons. The van der Waals surface area contributed by atoms with E-state index in [4.69, 9.17) is 11.6 Å². The Morgan fingerprint density at radius 3 is 2.89 bits per heavy atom. The quantitative estimate of drug-likeness (QED) is 0.580. The third-order valence-electron chi connectivity index (χ3n) is 4.28. The summed E-state index contributed by atoms with van der Waals surface area (Å²) >= 11 is 5.66. The molecule has 4 heteroatoms. The minimum atomic E-state index is 0.331. The summed E-state index contributed by atoms with van der Waals surface area (Å²) in [6, 6.07) is 0.995. The van der Waals surface area contributed by atoms with Gasteiger partial charge in [-0.15, -0.1) is 11.6 Å². The molecule has 2 rings (SSSR count). The number of hydrogen-bond donors (Lipinski definition) is 0. The molecule has 2 fully saturated rings. The molecule has 0 bridgehead atoms. The molecule has 2 aliphatic heterocycles. The van der Waals surface area contributed by atoms with E-state index in [2.05, 4.69) is 16.7 Å². The first-order chi connectivity index (χ1) is 8.72. The number of piperidine rings is 1. The Kier molecular flexibility index (Phi) is 5.31. The van der Waals surface area contributed by atoms with Crippen LogP contribution in [-0.4, -0.2) is 53.3 Å². The summed E-state index contributed by atoms with van der Waals surface area (Å²) in [6.07, 6.45) is 6.46. The lowest BCUT2D eigenvalue weighted by Gasteiger charge is -2.47. The van der Waals surface area contributed by atoms with Crippen LogP contribution in [0, 0.1) is 0 Å². The zero-order valence-corrected chi connectivity index (χ0v) is 12.2. The van der Waals surface area contributed by atoms with Gasteiger partial charge in [0, 0.05) is 37.5 Å². The summed E-state index contributed by atoms with van der Waals surface area (Å²) in [5.41, 5.74) is 0. The highest BCUT2D eigenvalue weighted by atomic mass is 35.5. The van der Waals surface area contributed by atoms with Gasteiger partial charge in [-0.1, -0.05) is 6.42 Å². The standard InChI is InChI=1S/C14H25ClN2O/c1-12-10-16-9-5-3-6-13(16)11-17(12)14(18)7-2-4-8-15/h12-13H,2-11H2,1H3. The lowest BCUT2D eigenvalue weighted by atomic mass is 9.97. The molecule has 2 heterocycles. The minimum Gasteiger partial charge on any atom is -0.337 e. The highest BCUT2D eigenvalue weighted by Crippen LogP contribution is 2.24. The van der Waals surface area contributed by atoms with E-state index in [1.165, 1.54) is 25.8 Å². The average Bonchev–Trinajstić information content (AvgIpc) is 2.38. The molecule has 0 aromatic carbocycles. The van der Waals surface area contributed by atoms with Crippen molar-refractivity contribution >= 4 is 17.5 Å². The molecule has 0 aromatic rings. The second kappa shape index (κ2) is 6.76. The molecular weight excluding hydrogens is 248 g/mol. The second-order valence-corrected chi connectivity index (χ2v) is 6.06. The van der Waals surface area contributed by atoms with E-state index in [1.807, 2.05) is 0 Å². The van der Waals surface area contributed by atoms with Gasteiger partial charge in [0.25, 0.3) is 0 Å². The summed E-state index contributed by atoms with van der Waals surface area (Å²) in [6.45, 7) is 5.42. The zero-order valence-electron chi connectivity index (χ0n) is 11.4. The number of nitrogens with zero attached hydrogens (tertiary/aromatic N) is 2. The van der Waals surface area contributed by atoms with E-state index in [0.29, 0.717) is 30.3 Å². The van der Waals surface area contributed by atoms with E-state index in [-0.39, 0.29) is 0 Å². The van der Waals surface area contributed by atoms with Crippen molar-refractivity contribution in [3.05, 3.63) is 0 Å². The van der Waals surface area contributed by atoms with Gasteiger partial charge in [0.2, 0.25) is 5.91 Å². The summed E-state index contributed by atoms with van der Waals surface area (Å²) in [5.74, 6) is 0.997. The number of halogens is 1. The Morgan fingerprint density at radius 1 is 1.28 bits per heavy atom. The number of unbranched alkanes of at least 4 members (excludes halogenated alkanes) is 1. The fourth-order valence-electron chi connectivity index (χ4n) is 3.21.